The highest BCUT2D eigenvalue weighted by Crippen LogP contribution is 2.29. The molecule has 0 radical (unpaired) electrons. The minimum absolute atomic E-state index is 0.107. The van der Waals surface area contributed by atoms with Crippen LogP contribution in [0.4, 0.5) is 8.78 Å². The molecule has 0 saturated carbocycles. The van der Waals surface area contributed by atoms with Gasteiger partial charge >= 0.3 is 0 Å². The van der Waals surface area contributed by atoms with Gasteiger partial charge in [0, 0.05) is 26.6 Å². The van der Waals surface area contributed by atoms with E-state index in [0.29, 0.717) is 13.0 Å². The molecule has 0 aromatic carbocycles. The van der Waals surface area contributed by atoms with Crippen LogP contribution in [-0.2, 0) is 4.74 Å². The van der Waals surface area contributed by atoms with Gasteiger partial charge in [0.2, 0.25) is 5.92 Å². The largest absolute Gasteiger partial charge is 0.384 e. The lowest BCUT2D eigenvalue weighted by molar-refractivity contribution is -0.0360. The lowest BCUT2D eigenvalue weighted by Crippen LogP contribution is -2.22. The molecule has 84 valence electrons. The van der Waals surface area contributed by atoms with Gasteiger partial charge in [-0.2, -0.15) is 0 Å². The molecule has 1 unspecified atom stereocenters. The van der Waals surface area contributed by atoms with Crippen LogP contribution in [0.15, 0.2) is 12.2 Å². The van der Waals surface area contributed by atoms with Crippen LogP contribution < -0.4 is 0 Å². The quantitative estimate of drug-likeness (QED) is 0.578. The van der Waals surface area contributed by atoms with Gasteiger partial charge in [-0.05, 0) is 19.3 Å². The second kappa shape index (κ2) is 6.12. The average Bonchev–Trinajstić information content (AvgIpc) is 2.03. The topological polar surface area (TPSA) is 9.23 Å². The Morgan fingerprint density at radius 1 is 1.50 bits per heavy atom. The molecule has 0 spiro atoms. The van der Waals surface area contributed by atoms with Crippen LogP contribution in [0.3, 0.4) is 0 Å². The Balaban J connectivity index is 4.14. The molecule has 0 amide bonds. The highest BCUT2D eigenvalue weighted by molar-refractivity contribution is 4.91. The van der Waals surface area contributed by atoms with Crippen molar-refractivity contribution in [2.75, 3.05) is 13.7 Å². The first-order valence-electron chi connectivity index (χ1n) is 4.92. The fraction of sp³-hybridized carbons (Fsp3) is 0.818. The summed E-state index contributed by atoms with van der Waals surface area (Å²) in [5, 5.41) is 0. The van der Waals surface area contributed by atoms with E-state index in [2.05, 4.69) is 6.58 Å². The molecule has 1 atom stereocenters. The molecule has 0 rings (SSSR count). The van der Waals surface area contributed by atoms with Crippen LogP contribution >= 0.6 is 0 Å². The number of ether oxygens (including phenoxy) is 1. The van der Waals surface area contributed by atoms with Gasteiger partial charge in [0.25, 0.3) is 0 Å². The number of rotatable bonds is 7. The highest BCUT2D eigenvalue weighted by Gasteiger charge is 2.30. The minimum Gasteiger partial charge on any atom is -0.384 e. The van der Waals surface area contributed by atoms with Gasteiger partial charge in [-0.1, -0.05) is 12.5 Å². The molecule has 0 aromatic heterocycles. The Bertz CT molecular complexity index is 178. The fourth-order valence-electron chi connectivity index (χ4n) is 1.49. The summed E-state index contributed by atoms with van der Waals surface area (Å²) in [7, 11) is 1.54. The van der Waals surface area contributed by atoms with E-state index in [9.17, 15) is 8.78 Å². The van der Waals surface area contributed by atoms with Crippen molar-refractivity contribution >= 4 is 0 Å². The number of hydrogen-bond acceptors (Lipinski definition) is 1. The van der Waals surface area contributed by atoms with Crippen molar-refractivity contribution in [3.05, 3.63) is 12.2 Å². The Morgan fingerprint density at radius 3 is 2.43 bits per heavy atom. The Hall–Kier alpha value is -0.440. The summed E-state index contributed by atoms with van der Waals surface area (Å²) in [6.45, 7) is 7.47. The molecule has 0 aromatic rings. The SMILES string of the molecule is C=C(C)CC(COC)CC(F)(F)CC. The van der Waals surface area contributed by atoms with Crippen molar-refractivity contribution in [1.29, 1.82) is 0 Å². The fourth-order valence-corrected chi connectivity index (χ4v) is 1.49. The third kappa shape index (κ3) is 6.08. The lowest BCUT2D eigenvalue weighted by Gasteiger charge is -2.21. The van der Waals surface area contributed by atoms with Gasteiger partial charge in [0.1, 0.15) is 0 Å². The maximum Gasteiger partial charge on any atom is 0.248 e. The molecule has 1 nitrogen and oxygen atoms in total. The van der Waals surface area contributed by atoms with Gasteiger partial charge in [-0.25, -0.2) is 8.78 Å². The normalized spacial score (nSPS) is 14.1. The molecule has 0 aliphatic rings. The van der Waals surface area contributed by atoms with Gasteiger partial charge < -0.3 is 4.74 Å². The maximum atomic E-state index is 13.1. The number of halogens is 2. The summed E-state index contributed by atoms with van der Waals surface area (Å²) in [6, 6.07) is 0. The molecule has 14 heavy (non-hydrogen) atoms. The third-order valence-electron chi connectivity index (χ3n) is 2.14. The Morgan fingerprint density at radius 2 is 2.07 bits per heavy atom. The van der Waals surface area contributed by atoms with Crippen LogP contribution in [0.25, 0.3) is 0 Å². The van der Waals surface area contributed by atoms with E-state index in [1.807, 2.05) is 6.92 Å². The summed E-state index contributed by atoms with van der Waals surface area (Å²) in [5.41, 5.74) is 0.930. The summed E-state index contributed by atoms with van der Waals surface area (Å²) in [4.78, 5) is 0. The molecule has 3 heteroatoms. The van der Waals surface area contributed by atoms with Crippen molar-refractivity contribution < 1.29 is 13.5 Å². The molecule has 0 heterocycles. The number of methoxy groups -OCH3 is 1. The smallest absolute Gasteiger partial charge is 0.248 e. The van der Waals surface area contributed by atoms with E-state index in [0.717, 1.165) is 5.57 Å². The average molecular weight is 206 g/mol. The van der Waals surface area contributed by atoms with Gasteiger partial charge in [0.15, 0.2) is 0 Å². The maximum absolute atomic E-state index is 13.1. The number of hydrogen-bond donors (Lipinski definition) is 0. The summed E-state index contributed by atoms with van der Waals surface area (Å²) < 4.78 is 31.1. The highest BCUT2D eigenvalue weighted by atomic mass is 19.3. The zero-order valence-corrected chi connectivity index (χ0v) is 9.28. The summed E-state index contributed by atoms with van der Waals surface area (Å²) in [5.74, 6) is -2.69. The zero-order valence-electron chi connectivity index (χ0n) is 9.28. The van der Waals surface area contributed by atoms with E-state index in [1.165, 1.54) is 14.0 Å². The second-order valence-corrected chi connectivity index (χ2v) is 3.90. The van der Waals surface area contributed by atoms with Crippen molar-refractivity contribution in [3.8, 4) is 0 Å². The van der Waals surface area contributed by atoms with Crippen molar-refractivity contribution in [1.82, 2.24) is 0 Å². The Labute approximate surface area is 85.1 Å². The molecular weight excluding hydrogens is 186 g/mol. The van der Waals surface area contributed by atoms with E-state index in [-0.39, 0.29) is 18.8 Å². The van der Waals surface area contributed by atoms with E-state index >= 15 is 0 Å². The van der Waals surface area contributed by atoms with Crippen molar-refractivity contribution in [3.63, 3.8) is 0 Å². The zero-order chi connectivity index (χ0) is 11.2. The van der Waals surface area contributed by atoms with Crippen LogP contribution in [0.5, 0.6) is 0 Å². The van der Waals surface area contributed by atoms with Gasteiger partial charge in [0.05, 0.1) is 0 Å². The van der Waals surface area contributed by atoms with Gasteiger partial charge in [-0.3, -0.25) is 0 Å². The second-order valence-electron chi connectivity index (χ2n) is 3.90. The monoisotopic (exact) mass is 206 g/mol. The minimum atomic E-state index is -2.57. The first-order valence-corrected chi connectivity index (χ1v) is 4.92. The van der Waals surface area contributed by atoms with Gasteiger partial charge in [-0.15, -0.1) is 6.58 Å². The molecule has 0 saturated heterocycles. The molecule has 0 bridgehead atoms. The van der Waals surface area contributed by atoms with Crippen LogP contribution in [-0.4, -0.2) is 19.6 Å². The van der Waals surface area contributed by atoms with Crippen molar-refractivity contribution in [2.45, 2.75) is 39.0 Å². The van der Waals surface area contributed by atoms with E-state index in [4.69, 9.17) is 4.74 Å². The molecule has 0 N–H and O–H groups in total. The lowest BCUT2D eigenvalue weighted by atomic mass is 9.94. The predicted molar refractivity (Wildman–Crippen MR) is 54.7 cm³/mol. The van der Waals surface area contributed by atoms with Crippen LogP contribution in [0.1, 0.15) is 33.1 Å². The third-order valence-corrected chi connectivity index (χ3v) is 2.14. The number of allylic oxidation sites excluding steroid dienone is 1. The molecule has 0 aliphatic heterocycles. The standard InChI is InChI=1S/C11H20F2O/c1-5-11(12,13)7-10(8-14-4)6-9(2)3/h10H,2,5-8H2,1,3-4H3. The van der Waals surface area contributed by atoms with Crippen LogP contribution in [0.2, 0.25) is 0 Å². The summed E-state index contributed by atoms with van der Waals surface area (Å²) >= 11 is 0. The first-order chi connectivity index (χ1) is 6.41. The van der Waals surface area contributed by atoms with Crippen LogP contribution in [0, 0.1) is 5.92 Å². The summed E-state index contributed by atoms with van der Waals surface area (Å²) in [6.07, 6.45) is 0.400. The molecular formula is C11H20F2O. The molecule has 0 fully saturated rings. The van der Waals surface area contributed by atoms with E-state index in [1.54, 1.807) is 0 Å². The Kier molecular flexibility index (Phi) is 5.93. The number of alkyl halides is 2. The van der Waals surface area contributed by atoms with E-state index < -0.39 is 5.92 Å². The predicted octanol–water partition coefficient (Wildman–Crippen LogP) is 3.65. The van der Waals surface area contributed by atoms with Crippen molar-refractivity contribution in [2.24, 2.45) is 5.92 Å². The molecule has 0 aliphatic carbocycles. The first kappa shape index (κ1) is 13.6.